The predicted molar refractivity (Wildman–Crippen MR) is 130 cm³/mol. The number of aromatic nitrogens is 1. The second-order valence-corrected chi connectivity index (χ2v) is 9.54. The van der Waals surface area contributed by atoms with Crippen molar-refractivity contribution in [2.45, 2.75) is 25.8 Å². The molecule has 3 aromatic rings. The lowest BCUT2D eigenvalue weighted by Crippen LogP contribution is -2.42. The molecule has 6 nitrogen and oxygen atoms in total. The molecule has 0 saturated carbocycles. The van der Waals surface area contributed by atoms with Crippen LogP contribution in [0.1, 0.15) is 41.0 Å². The van der Waals surface area contributed by atoms with Gasteiger partial charge in [0.15, 0.2) is 5.13 Å². The summed E-state index contributed by atoms with van der Waals surface area (Å²) >= 11 is 1.33. The Balaban J connectivity index is 1.43. The monoisotopic (exact) mass is 468 g/mol. The van der Waals surface area contributed by atoms with Crippen molar-refractivity contribution >= 4 is 22.4 Å². The summed E-state index contributed by atoms with van der Waals surface area (Å²) < 4.78 is 20.0. The van der Waals surface area contributed by atoms with Crippen molar-refractivity contribution in [2.24, 2.45) is 0 Å². The zero-order valence-corrected chi connectivity index (χ0v) is 20.0. The van der Waals surface area contributed by atoms with Crippen LogP contribution < -0.4 is 15.4 Å². The summed E-state index contributed by atoms with van der Waals surface area (Å²) in [5.41, 5.74) is 2.44. The Hall–Kier alpha value is -2.81. The lowest BCUT2D eigenvalue weighted by Gasteiger charge is -2.27. The Kier molecular flexibility index (Phi) is 7.07. The number of anilines is 1. The van der Waals surface area contributed by atoms with Crippen LogP contribution in [0.4, 0.5) is 9.52 Å². The fourth-order valence-corrected chi connectivity index (χ4v) is 4.78. The van der Waals surface area contributed by atoms with E-state index in [0.717, 1.165) is 48.7 Å². The van der Waals surface area contributed by atoms with Crippen LogP contribution in [0.5, 0.6) is 5.75 Å². The van der Waals surface area contributed by atoms with Crippen LogP contribution in [0.3, 0.4) is 0 Å². The van der Waals surface area contributed by atoms with E-state index in [9.17, 15) is 9.18 Å². The van der Waals surface area contributed by atoms with Gasteiger partial charge < -0.3 is 10.1 Å². The zero-order valence-electron chi connectivity index (χ0n) is 19.2. The quantitative estimate of drug-likeness (QED) is 0.542. The summed E-state index contributed by atoms with van der Waals surface area (Å²) in [4.78, 5) is 19.6. The third kappa shape index (κ3) is 5.40. The Morgan fingerprint density at radius 3 is 2.61 bits per heavy atom. The van der Waals surface area contributed by atoms with Gasteiger partial charge in [-0.25, -0.2) is 9.37 Å². The van der Waals surface area contributed by atoms with Gasteiger partial charge in [0.25, 0.3) is 5.91 Å². The van der Waals surface area contributed by atoms with Crippen molar-refractivity contribution in [3.05, 3.63) is 76.0 Å². The highest BCUT2D eigenvalue weighted by molar-refractivity contribution is 7.14. The molecule has 0 bridgehead atoms. The molecule has 1 aliphatic heterocycles. The van der Waals surface area contributed by atoms with Gasteiger partial charge in [-0.3, -0.25) is 15.0 Å². The molecule has 1 aliphatic rings. The number of methoxy groups -OCH3 is 1. The van der Waals surface area contributed by atoms with Crippen LogP contribution in [0.25, 0.3) is 0 Å². The molecule has 4 rings (SSSR count). The van der Waals surface area contributed by atoms with Gasteiger partial charge in [0.1, 0.15) is 11.6 Å². The highest BCUT2D eigenvalue weighted by atomic mass is 32.1. The fraction of sp³-hybridized carbons (Fsp3) is 0.360. The number of carbonyl (C=O) groups excluding carboxylic acids is 1. The zero-order chi connectivity index (χ0) is 23.4. The number of rotatable bonds is 7. The summed E-state index contributed by atoms with van der Waals surface area (Å²) in [5.74, 6) is -0.221. The molecule has 0 unspecified atom stereocenters. The van der Waals surface area contributed by atoms with Gasteiger partial charge in [0.2, 0.25) is 0 Å². The molecule has 1 fully saturated rings. The van der Waals surface area contributed by atoms with Crippen molar-refractivity contribution in [2.75, 3.05) is 38.6 Å². The predicted octanol–water partition coefficient (Wildman–Crippen LogP) is 4.27. The van der Waals surface area contributed by atoms with Crippen LogP contribution in [0.2, 0.25) is 0 Å². The third-order valence-corrected chi connectivity index (χ3v) is 6.83. The molecule has 33 heavy (non-hydrogen) atoms. The Bertz CT molecular complexity index is 1110. The average Bonchev–Trinajstić information content (AvgIpc) is 3.29. The number of hydrogen-bond acceptors (Lipinski definition) is 6. The number of benzene rings is 2. The maximum Gasteiger partial charge on any atom is 0.260 e. The molecule has 2 N–H and O–H groups in total. The number of amides is 1. The lowest BCUT2D eigenvalue weighted by atomic mass is 9.82. The van der Waals surface area contributed by atoms with Gasteiger partial charge in [0, 0.05) is 43.5 Å². The van der Waals surface area contributed by atoms with Crippen molar-refractivity contribution in [3.63, 3.8) is 0 Å². The van der Waals surface area contributed by atoms with E-state index in [-0.39, 0.29) is 11.0 Å². The largest absolute Gasteiger partial charge is 0.497 e. The SMILES string of the molecule is COc1ccc(C(C)(C)c2csc(NC(=O)c3ccc(CN4CCNCC4)cc3F)n2)cc1. The maximum atomic E-state index is 14.7. The second-order valence-electron chi connectivity index (χ2n) is 8.69. The van der Waals surface area contributed by atoms with Crippen molar-refractivity contribution in [3.8, 4) is 5.75 Å². The molecule has 2 heterocycles. The van der Waals surface area contributed by atoms with Crippen LogP contribution in [0, 0.1) is 5.82 Å². The standard InChI is InChI=1S/C25H29FN4O2S/c1-25(2,18-5-7-19(32-3)8-6-18)22-16-33-24(28-22)29-23(31)20-9-4-17(14-21(20)26)15-30-12-10-27-11-13-30/h4-9,14,16,27H,10-13,15H2,1-3H3,(H,28,29,31). The number of hydrogen-bond donors (Lipinski definition) is 2. The number of piperazine rings is 1. The van der Waals surface area contributed by atoms with Gasteiger partial charge in [-0.15, -0.1) is 11.3 Å². The van der Waals surface area contributed by atoms with Gasteiger partial charge in [-0.05, 0) is 35.4 Å². The average molecular weight is 469 g/mol. The Labute approximate surface area is 197 Å². The first-order valence-corrected chi connectivity index (χ1v) is 11.9. The molecule has 0 spiro atoms. The first-order chi connectivity index (χ1) is 15.9. The van der Waals surface area contributed by atoms with E-state index in [1.807, 2.05) is 35.7 Å². The van der Waals surface area contributed by atoms with Crippen LogP contribution >= 0.6 is 11.3 Å². The second kappa shape index (κ2) is 9.99. The Morgan fingerprint density at radius 1 is 1.21 bits per heavy atom. The normalized spacial score (nSPS) is 14.8. The summed E-state index contributed by atoms with van der Waals surface area (Å²) in [6, 6.07) is 12.7. The lowest BCUT2D eigenvalue weighted by molar-refractivity contribution is 0.102. The van der Waals surface area contributed by atoms with E-state index >= 15 is 0 Å². The van der Waals surface area contributed by atoms with E-state index in [2.05, 4.69) is 34.4 Å². The third-order valence-electron chi connectivity index (χ3n) is 6.07. The van der Waals surface area contributed by atoms with Gasteiger partial charge >= 0.3 is 0 Å². The first-order valence-electron chi connectivity index (χ1n) is 11.0. The topological polar surface area (TPSA) is 66.5 Å². The van der Waals surface area contributed by atoms with Crippen molar-refractivity contribution < 1.29 is 13.9 Å². The van der Waals surface area contributed by atoms with Crippen LogP contribution in [-0.4, -0.2) is 49.1 Å². The molecule has 0 aliphatic carbocycles. The molecule has 2 aromatic carbocycles. The van der Waals surface area contributed by atoms with Crippen molar-refractivity contribution in [1.82, 2.24) is 15.2 Å². The summed E-state index contributed by atoms with van der Waals surface area (Å²) in [5, 5.41) is 8.43. The molecule has 8 heteroatoms. The summed E-state index contributed by atoms with van der Waals surface area (Å²) in [6.45, 7) is 8.57. The number of nitrogens with one attached hydrogen (secondary N) is 2. The van der Waals surface area contributed by atoms with Gasteiger partial charge in [0.05, 0.1) is 18.4 Å². The van der Waals surface area contributed by atoms with Crippen molar-refractivity contribution in [1.29, 1.82) is 0 Å². The number of halogens is 1. The molecule has 1 aromatic heterocycles. The minimum absolute atomic E-state index is 0.0187. The molecule has 0 atom stereocenters. The fourth-order valence-electron chi connectivity index (χ4n) is 3.91. The maximum absolute atomic E-state index is 14.7. The number of ether oxygens (including phenoxy) is 1. The minimum atomic E-state index is -0.518. The summed E-state index contributed by atoms with van der Waals surface area (Å²) in [6.07, 6.45) is 0. The smallest absolute Gasteiger partial charge is 0.260 e. The highest BCUT2D eigenvalue weighted by Crippen LogP contribution is 2.34. The van der Waals surface area contributed by atoms with Gasteiger partial charge in [-0.1, -0.05) is 32.0 Å². The highest BCUT2D eigenvalue weighted by Gasteiger charge is 2.27. The van der Waals surface area contributed by atoms with Crippen LogP contribution in [0.15, 0.2) is 47.8 Å². The van der Waals surface area contributed by atoms with E-state index < -0.39 is 11.7 Å². The molecule has 0 radical (unpaired) electrons. The van der Waals surface area contributed by atoms with E-state index in [4.69, 9.17) is 4.74 Å². The van der Waals surface area contributed by atoms with Gasteiger partial charge in [-0.2, -0.15) is 0 Å². The molecular formula is C25H29FN4O2S. The van der Waals surface area contributed by atoms with E-state index in [0.29, 0.717) is 11.7 Å². The van der Waals surface area contributed by atoms with E-state index in [1.165, 1.54) is 17.4 Å². The molecule has 1 saturated heterocycles. The molecule has 174 valence electrons. The minimum Gasteiger partial charge on any atom is -0.497 e. The summed E-state index contributed by atoms with van der Waals surface area (Å²) in [7, 11) is 1.64. The van der Waals surface area contributed by atoms with E-state index in [1.54, 1.807) is 13.2 Å². The van der Waals surface area contributed by atoms with Crippen LogP contribution in [-0.2, 0) is 12.0 Å². The number of carbonyl (C=O) groups is 1. The Morgan fingerprint density at radius 2 is 1.94 bits per heavy atom. The molecular weight excluding hydrogens is 439 g/mol. The first kappa shape index (κ1) is 23.4. The number of thiazole rings is 1. The molecule has 1 amide bonds. The number of nitrogens with zero attached hydrogens (tertiary/aromatic N) is 2.